The van der Waals surface area contributed by atoms with Crippen LogP contribution in [-0.4, -0.2) is 16.5 Å². The molecule has 0 N–H and O–H groups in total. The summed E-state index contributed by atoms with van der Waals surface area (Å²) in [5, 5.41) is 11.0. The first kappa shape index (κ1) is 12.5. The van der Waals surface area contributed by atoms with E-state index >= 15 is 0 Å². The second kappa shape index (κ2) is 5.14. The van der Waals surface area contributed by atoms with E-state index in [1.54, 1.807) is 24.6 Å². The quantitative estimate of drug-likeness (QED) is 0.627. The molecule has 0 fully saturated rings. The van der Waals surface area contributed by atoms with Crippen molar-refractivity contribution in [2.45, 2.75) is 13.8 Å². The van der Waals surface area contributed by atoms with Crippen LogP contribution in [0.2, 0.25) is 0 Å². The molecule has 6 heteroatoms. The van der Waals surface area contributed by atoms with Gasteiger partial charge in [-0.15, -0.1) is 11.3 Å². The lowest BCUT2D eigenvalue weighted by atomic mass is 10.1. The number of nitrogens with zero attached hydrogens (tertiary/aromatic N) is 2. The van der Waals surface area contributed by atoms with Crippen LogP contribution in [0, 0.1) is 17.0 Å². The topological polar surface area (TPSA) is 65.3 Å². The Morgan fingerprint density at radius 1 is 1.50 bits per heavy atom. The molecule has 5 nitrogen and oxygen atoms in total. The minimum absolute atomic E-state index is 0.0262. The molecule has 1 aromatic heterocycles. The summed E-state index contributed by atoms with van der Waals surface area (Å²) in [6.45, 7) is 4.13. The molecule has 0 atom stereocenters. The summed E-state index contributed by atoms with van der Waals surface area (Å²) in [6.07, 6.45) is 0. The summed E-state index contributed by atoms with van der Waals surface area (Å²) < 4.78 is 5.24. The minimum Gasteiger partial charge on any atom is -0.487 e. The highest BCUT2D eigenvalue weighted by molar-refractivity contribution is 7.10. The summed E-state index contributed by atoms with van der Waals surface area (Å²) in [7, 11) is 0. The molecule has 2 aromatic rings. The monoisotopic (exact) mass is 264 g/mol. The average Bonchev–Trinajstić information content (AvgIpc) is 2.76. The number of nitro benzene ring substituents is 1. The highest BCUT2D eigenvalue weighted by atomic mass is 32.1. The van der Waals surface area contributed by atoms with Gasteiger partial charge in [0.1, 0.15) is 0 Å². The van der Waals surface area contributed by atoms with Crippen LogP contribution in [0.1, 0.15) is 11.8 Å². The van der Waals surface area contributed by atoms with E-state index in [2.05, 4.69) is 4.98 Å². The van der Waals surface area contributed by atoms with Gasteiger partial charge >= 0.3 is 5.69 Å². The van der Waals surface area contributed by atoms with Crippen molar-refractivity contribution in [2.75, 3.05) is 6.61 Å². The Kier molecular flexibility index (Phi) is 3.57. The number of ether oxygens (including phenoxy) is 1. The van der Waals surface area contributed by atoms with Gasteiger partial charge in [-0.1, -0.05) is 0 Å². The third kappa shape index (κ3) is 2.33. The Labute approximate surface area is 108 Å². The SMILES string of the molecule is CCOc1ccc(-c2ncsc2C)cc1[N+](=O)[O-]. The molecule has 0 aliphatic carbocycles. The number of nitro groups is 1. The highest BCUT2D eigenvalue weighted by Gasteiger charge is 2.17. The van der Waals surface area contributed by atoms with Crippen molar-refractivity contribution < 1.29 is 9.66 Å². The third-order valence-electron chi connectivity index (χ3n) is 2.47. The second-order valence-electron chi connectivity index (χ2n) is 3.63. The fourth-order valence-electron chi connectivity index (χ4n) is 1.67. The molecule has 0 radical (unpaired) electrons. The Hall–Kier alpha value is -1.95. The summed E-state index contributed by atoms with van der Waals surface area (Å²) in [4.78, 5) is 15.8. The zero-order valence-electron chi connectivity index (χ0n) is 10.0. The number of aryl methyl sites for hydroxylation is 1. The highest BCUT2D eigenvalue weighted by Crippen LogP contribution is 2.33. The van der Waals surface area contributed by atoms with Crippen molar-refractivity contribution in [1.82, 2.24) is 4.98 Å². The largest absolute Gasteiger partial charge is 0.487 e. The lowest BCUT2D eigenvalue weighted by Crippen LogP contribution is -1.97. The second-order valence-corrected chi connectivity index (χ2v) is 4.69. The van der Waals surface area contributed by atoms with Crippen LogP contribution in [0.25, 0.3) is 11.3 Å². The average molecular weight is 264 g/mol. The molecule has 0 amide bonds. The molecule has 1 aromatic carbocycles. The molecule has 0 spiro atoms. The number of benzene rings is 1. The van der Waals surface area contributed by atoms with Gasteiger partial charge in [0.25, 0.3) is 0 Å². The molecule has 1 heterocycles. The van der Waals surface area contributed by atoms with Crippen molar-refractivity contribution >= 4 is 17.0 Å². The van der Waals surface area contributed by atoms with Crippen molar-refractivity contribution in [3.63, 3.8) is 0 Å². The van der Waals surface area contributed by atoms with Crippen molar-refractivity contribution in [3.05, 3.63) is 38.7 Å². The van der Waals surface area contributed by atoms with E-state index in [9.17, 15) is 10.1 Å². The Bertz CT molecular complexity index is 580. The molecule has 0 bridgehead atoms. The first-order valence-electron chi connectivity index (χ1n) is 5.45. The third-order valence-corrected chi connectivity index (χ3v) is 3.23. The number of rotatable bonds is 4. The molecule has 18 heavy (non-hydrogen) atoms. The van der Waals surface area contributed by atoms with Crippen molar-refractivity contribution in [2.24, 2.45) is 0 Å². The maximum Gasteiger partial charge on any atom is 0.311 e. The lowest BCUT2D eigenvalue weighted by Gasteiger charge is -2.05. The number of hydrogen-bond donors (Lipinski definition) is 0. The minimum atomic E-state index is -0.434. The van der Waals surface area contributed by atoms with E-state index in [0.29, 0.717) is 12.4 Å². The number of aromatic nitrogens is 1. The van der Waals surface area contributed by atoms with E-state index < -0.39 is 4.92 Å². The normalized spacial score (nSPS) is 10.3. The van der Waals surface area contributed by atoms with Crippen molar-refractivity contribution in [1.29, 1.82) is 0 Å². The zero-order valence-corrected chi connectivity index (χ0v) is 10.9. The Morgan fingerprint density at radius 3 is 2.83 bits per heavy atom. The molecule has 0 aliphatic heterocycles. The van der Waals surface area contributed by atoms with Gasteiger partial charge in [-0.25, -0.2) is 4.98 Å². The maximum absolute atomic E-state index is 11.0. The molecular formula is C12H12N2O3S. The van der Waals surface area contributed by atoms with E-state index in [4.69, 9.17) is 4.74 Å². The summed E-state index contributed by atoms with van der Waals surface area (Å²) >= 11 is 1.52. The summed E-state index contributed by atoms with van der Waals surface area (Å²) in [6, 6.07) is 4.92. The van der Waals surface area contributed by atoms with Gasteiger partial charge in [0.05, 0.1) is 22.7 Å². The van der Waals surface area contributed by atoms with Crippen LogP contribution in [0.5, 0.6) is 5.75 Å². The van der Waals surface area contributed by atoms with Crippen LogP contribution in [-0.2, 0) is 0 Å². The van der Waals surface area contributed by atoms with Crippen LogP contribution < -0.4 is 4.74 Å². The van der Waals surface area contributed by atoms with Crippen LogP contribution >= 0.6 is 11.3 Å². The molecule has 0 unspecified atom stereocenters. The molecule has 0 saturated carbocycles. The van der Waals surface area contributed by atoms with Crippen LogP contribution in [0.4, 0.5) is 5.69 Å². The Balaban J connectivity index is 2.50. The lowest BCUT2D eigenvalue weighted by molar-refractivity contribution is -0.385. The van der Waals surface area contributed by atoms with E-state index in [1.165, 1.54) is 17.4 Å². The van der Waals surface area contributed by atoms with Gasteiger partial charge in [0.15, 0.2) is 5.75 Å². The number of hydrogen-bond acceptors (Lipinski definition) is 5. The Morgan fingerprint density at radius 2 is 2.28 bits per heavy atom. The van der Waals surface area contributed by atoms with Gasteiger partial charge in [-0.2, -0.15) is 0 Å². The van der Waals surface area contributed by atoms with Gasteiger partial charge in [0.2, 0.25) is 0 Å². The first-order valence-corrected chi connectivity index (χ1v) is 6.33. The van der Waals surface area contributed by atoms with E-state index in [0.717, 1.165) is 16.1 Å². The van der Waals surface area contributed by atoms with Crippen molar-refractivity contribution in [3.8, 4) is 17.0 Å². The van der Waals surface area contributed by atoms with Crippen LogP contribution in [0.15, 0.2) is 23.7 Å². The van der Waals surface area contributed by atoms with E-state index in [1.807, 2.05) is 6.92 Å². The fourth-order valence-corrected chi connectivity index (χ4v) is 2.27. The summed E-state index contributed by atoms with van der Waals surface area (Å²) in [5.41, 5.74) is 3.23. The molecule has 2 rings (SSSR count). The fraction of sp³-hybridized carbons (Fsp3) is 0.250. The predicted octanol–water partition coefficient (Wildman–Crippen LogP) is 3.43. The zero-order chi connectivity index (χ0) is 13.1. The van der Waals surface area contributed by atoms with Gasteiger partial charge in [-0.3, -0.25) is 10.1 Å². The molecule has 0 saturated heterocycles. The smallest absolute Gasteiger partial charge is 0.311 e. The molecule has 0 aliphatic rings. The van der Waals surface area contributed by atoms with Gasteiger partial charge in [0, 0.05) is 16.5 Å². The molecular weight excluding hydrogens is 252 g/mol. The maximum atomic E-state index is 11.0. The summed E-state index contributed by atoms with van der Waals surface area (Å²) in [5.74, 6) is 0.291. The van der Waals surface area contributed by atoms with Crippen LogP contribution in [0.3, 0.4) is 0 Å². The number of thiazole rings is 1. The standard InChI is InChI=1S/C12H12N2O3S/c1-3-17-11-5-4-9(6-10(11)14(15)16)12-8(2)18-7-13-12/h4-7H,3H2,1-2H3. The van der Waals surface area contributed by atoms with Gasteiger partial charge < -0.3 is 4.74 Å². The van der Waals surface area contributed by atoms with Gasteiger partial charge in [-0.05, 0) is 26.0 Å². The predicted molar refractivity (Wildman–Crippen MR) is 70.1 cm³/mol. The molecule has 94 valence electrons. The first-order chi connectivity index (χ1) is 8.63. The van der Waals surface area contributed by atoms with E-state index in [-0.39, 0.29) is 5.69 Å².